The van der Waals surface area contributed by atoms with Gasteiger partial charge in [-0.25, -0.2) is 14.4 Å². The largest absolute Gasteiger partial charge is 0.352 e. The average Bonchev–Trinajstić information content (AvgIpc) is 2.79. The fourth-order valence-corrected chi connectivity index (χ4v) is 3.82. The topological polar surface area (TPSA) is 58.1 Å². The van der Waals surface area contributed by atoms with Gasteiger partial charge >= 0.3 is 0 Å². The van der Waals surface area contributed by atoms with Crippen molar-refractivity contribution in [3.05, 3.63) is 77.3 Å². The number of nitrogens with zero attached hydrogens (tertiary/aromatic N) is 3. The van der Waals surface area contributed by atoms with Gasteiger partial charge in [-0.1, -0.05) is 41.9 Å². The summed E-state index contributed by atoms with van der Waals surface area (Å²) in [5.74, 6) is 0.220. The van der Waals surface area contributed by atoms with Crippen molar-refractivity contribution in [3.8, 4) is 11.1 Å². The molecule has 0 unspecified atom stereocenters. The Labute approximate surface area is 179 Å². The zero-order valence-corrected chi connectivity index (χ0v) is 17.1. The lowest BCUT2D eigenvalue weighted by atomic mass is 9.97. The summed E-state index contributed by atoms with van der Waals surface area (Å²) in [7, 11) is 0. The van der Waals surface area contributed by atoms with Crippen molar-refractivity contribution < 1.29 is 9.18 Å². The van der Waals surface area contributed by atoms with Gasteiger partial charge in [0.25, 0.3) is 0 Å². The second-order valence-corrected chi connectivity index (χ2v) is 7.78. The third kappa shape index (κ3) is 4.76. The predicted molar refractivity (Wildman–Crippen MR) is 116 cm³/mol. The highest BCUT2D eigenvalue weighted by atomic mass is 35.5. The van der Waals surface area contributed by atoms with Crippen molar-refractivity contribution in [2.75, 3.05) is 18.0 Å². The van der Waals surface area contributed by atoms with E-state index in [2.05, 4.69) is 15.3 Å². The number of anilines is 1. The smallest absolute Gasteiger partial charge is 0.225 e. The van der Waals surface area contributed by atoms with Crippen LogP contribution in [0.25, 0.3) is 11.1 Å². The van der Waals surface area contributed by atoms with E-state index in [4.69, 9.17) is 11.6 Å². The molecule has 1 aromatic heterocycles. The van der Waals surface area contributed by atoms with E-state index in [1.54, 1.807) is 24.5 Å². The van der Waals surface area contributed by atoms with Crippen LogP contribution in [0.2, 0.25) is 5.02 Å². The molecule has 0 radical (unpaired) electrons. The van der Waals surface area contributed by atoms with E-state index in [-0.39, 0.29) is 17.6 Å². The third-order valence-corrected chi connectivity index (χ3v) is 5.67. The SMILES string of the molecule is O=C(NCc1ccccc1Cl)[C@@H]1CCCN(c2ncc(-c3ccc(F)cc3)cn2)C1. The second-order valence-electron chi connectivity index (χ2n) is 7.37. The van der Waals surface area contributed by atoms with Crippen LogP contribution in [-0.4, -0.2) is 29.0 Å². The van der Waals surface area contributed by atoms with E-state index in [0.717, 1.165) is 36.1 Å². The monoisotopic (exact) mass is 424 g/mol. The lowest BCUT2D eigenvalue weighted by molar-refractivity contribution is -0.125. The first-order valence-electron chi connectivity index (χ1n) is 9.94. The van der Waals surface area contributed by atoms with Gasteiger partial charge in [0, 0.05) is 42.6 Å². The molecule has 154 valence electrons. The predicted octanol–water partition coefficient (Wildman–Crippen LogP) is 4.47. The molecule has 7 heteroatoms. The van der Waals surface area contributed by atoms with Crippen LogP contribution < -0.4 is 10.2 Å². The van der Waals surface area contributed by atoms with E-state index in [1.807, 2.05) is 29.2 Å². The molecule has 1 saturated heterocycles. The molecule has 2 aromatic carbocycles. The highest BCUT2D eigenvalue weighted by molar-refractivity contribution is 6.31. The van der Waals surface area contributed by atoms with Gasteiger partial charge in [-0.2, -0.15) is 0 Å². The molecule has 4 rings (SSSR count). The molecule has 0 spiro atoms. The van der Waals surface area contributed by atoms with Gasteiger partial charge in [0.05, 0.1) is 5.92 Å². The second kappa shape index (κ2) is 9.22. The zero-order chi connectivity index (χ0) is 20.9. The summed E-state index contributed by atoms with van der Waals surface area (Å²) in [6.45, 7) is 1.80. The van der Waals surface area contributed by atoms with E-state index in [1.165, 1.54) is 12.1 Å². The van der Waals surface area contributed by atoms with Gasteiger partial charge in [-0.05, 0) is 42.2 Å². The fourth-order valence-electron chi connectivity index (χ4n) is 3.62. The first kappa shape index (κ1) is 20.3. The van der Waals surface area contributed by atoms with E-state index < -0.39 is 0 Å². The van der Waals surface area contributed by atoms with Crippen molar-refractivity contribution in [2.24, 2.45) is 5.92 Å². The summed E-state index contributed by atoms with van der Waals surface area (Å²) in [5.41, 5.74) is 2.59. The van der Waals surface area contributed by atoms with Crippen LogP contribution in [-0.2, 0) is 11.3 Å². The van der Waals surface area contributed by atoms with Crippen LogP contribution in [0.4, 0.5) is 10.3 Å². The highest BCUT2D eigenvalue weighted by Gasteiger charge is 2.27. The molecule has 1 atom stereocenters. The number of benzene rings is 2. The van der Waals surface area contributed by atoms with Crippen LogP contribution in [0.15, 0.2) is 60.9 Å². The number of nitrogens with one attached hydrogen (secondary N) is 1. The molecule has 0 saturated carbocycles. The number of amides is 1. The Morgan fingerprint density at radius 2 is 1.83 bits per heavy atom. The van der Waals surface area contributed by atoms with Crippen LogP contribution in [0.5, 0.6) is 0 Å². The number of hydrogen-bond donors (Lipinski definition) is 1. The molecule has 1 amide bonds. The van der Waals surface area contributed by atoms with Crippen LogP contribution in [0, 0.1) is 11.7 Å². The molecule has 0 aliphatic carbocycles. The Bertz CT molecular complexity index is 1010. The van der Waals surface area contributed by atoms with Crippen molar-refractivity contribution in [3.63, 3.8) is 0 Å². The van der Waals surface area contributed by atoms with Crippen LogP contribution in [0.1, 0.15) is 18.4 Å². The van der Waals surface area contributed by atoms with Crippen LogP contribution >= 0.6 is 11.6 Å². The number of rotatable bonds is 5. The quantitative estimate of drug-likeness (QED) is 0.656. The van der Waals surface area contributed by atoms with Gasteiger partial charge in [0.2, 0.25) is 11.9 Å². The van der Waals surface area contributed by atoms with Crippen molar-refractivity contribution >= 4 is 23.5 Å². The maximum atomic E-state index is 13.1. The maximum absolute atomic E-state index is 13.1. The van der Waals surface area contributed by atoms with Gasteiger partial charge in [0.1, 0.15) is 5.82 Å². The van der Waals surface area contributed by atoms with Gasteiger partial charge < -0.3 is 10.2 Å². The summed E-state index contributed by atoms with van der Waals surface area (Å²) in [4.78, 5) is 23.7. The summed E-state index contributed by atoms with van der Waals surface area (Å²) >= 11 is 6.17. The minimum atomic E-state index is -0.275. The molecule has 1 fully saturated rings. The number of aromatic nitrogens is 2. The third-order valence-electron chi connectivity index (χ3n) is 5.30. The average molecular weight is 425 g/mol. The lowest BCUT2D eigenvalue weighted by Gasteiger charge is -2.32. The molecular weight excluding hydrogens is 403 g/mol. The summed E-state index contributed by atoms with van der Waals surface area (Å²) in [5, 5.41) is 3.65. The Morgan fingerprint density at radius 1 is 1.10 bits per heavy atom. The zero-order valence-electron chi connectivity index (χ0n) is 16.4. The van der Waals surface area contributed by atoms with Crippen molar-refractivity contribution in [2.45, 2.75) is 19.4 Å². The molecule has 1 aliphatic rings. The first-order chi connectivity index (χ1) is 14.6. The molecule has 0 bridgehead atoms. The summed E-state index contributed by atoms with van der Waals surface area (Å²) < 4.78 is 13.1. The minimum absolute atomic E-state index is 0.0163. The van der Waals surface area contributed by atoms with Crippen molar-refractivity contribution in [1.29, 1.82) is 0 Å². The van der Waals surface area contributed by atoms with E-state index in [9.17, 15) is 9.18 Å². The van der Waals surface area contributed by atoms with Gasteiger partial charge in [-0.15, -0.1) is 0 Å². The molecule has 2 heterocycles. The molecule has 5 nitrogen and oxygen atoms in total. The summed E-state index contributed by atoms with van der Waals surface area (Å²) in [6, 6.07) is 13.7. The highest BCUT2D eigenvalue weighted by Crippen LogP contribution is 2.23. The van der Waals surface area contributed by atoms with Gasteiger partial charge in [-0.3, -0.25) is 4.79 Å². The molecular formula is C23H22ClFN4O. The van der Waals surface area contributed by atoms with E-state index >= 15 is 0 Å². The number of piperidine rings is 1. The standard InChI is InChI=1S/C23H22ClFN4O/c24-21-6-2-1-4-17(21)12-26-22(30)18-5-3-11-29(15-18)23-27-13-19(14-28-23)16-7-9-20(25)10-8-16/h1-2,4,6-10,13-14,18H,3,5,11-12,15H2,(H,26,30)/t18-/m1/s1. The number of carbonyl (C=O) groups excluding carboxylic acids is 1. The number of halogens is 2. The lowest BCUT2D eigenvalue weighted by Crippen LogP contribution is -2.43. The molecule has 1 N–H and O–H groups in total. The molecule has 3 aromatic rings. The number of hydrogen-bond acceptors (Lipinski definition) is 4. The number of carbonyl (C=O) groups is 1. The Hall–Kier alpha value is -2.99. The minimum Gasteiger partial charge on any atom is -0.352 e. The molecule has 1 aliphatic heterocycles. The molecule has 30 heavy (non-hydrogen) atoms. The fraction of sp³-hybridized carbons (Fsp3) is 0.261. The maximum Gasteiger partial charge on any atom is 0.225 e. The Morgan fingerprint density at radius 3 is 2.57 bits per heavy atom. The van der Waals surface area contributed by atoms with Gasteiger partial charge in [0.15, 0.2) is 0 Å². The normalized spacial score (nSPS) is 16.3. The first-order valence-corrected chi connectivity index (χ1v) is 10.3. The Balaban J connectivity index is 1.38. The van der Waals surface area contributed by atoms with Crippen molar-refractivity contribution in [1.82, 2.24) is 15.3 Å². The summed E-state index contributed by atoms with van der Waals surface area (Å²) in [6.07, 6.45) is 5.19. The Kier molecular flexibility index (Phi) is 6.23. The van der Waals surface area contributed by atoms with E-state index in [0.29, 0.717) is 24.1 Å². The van der Waals surface area contributed by atoms with Crippen LogP contribution in [0.3, 0.4) is 0 Å².